The van der Waals surface area contributed by atoms with Gasteiger partial charge in [-0.25, -0.2) is 4.39 Å². The molecule has 0 radical (unpaired) electrons. The van der Waals surface area contributed by atoms with Gasteiger partial charge in [0.1, 0.15) is 5.82 Å². The van der Waals surface area contributed by atoms with Crippen LogP contribution in [0, 0.1) is 15.9 Å². The number of hydrogen-bond donors (Lipinski definition) is 2. The molecule has 0 aromatic heterocycles. The zero-order valence-electron chi connectivity index (χ0n) is 9.14. The van der Waals surface area contributed by atoms with E-state index in [1.807, 2.05) is 0 Å². The molecule has 0 heterocycles. The number of nitrogens with zero attached hydrogens (tertiary/aromatic N) is 1. The summed E-state index contributed by atoms with van der Waals surface area (Å²) in [5, 5.41) is 17.5. The number of nitro groups is 1. The van der Waals surface area contributed by atoms with E-state index in [1.165, 1.54) is 7.11 Å². The van der Waals surface area contributed by atoms with E-state index in [9.17, 15) is 19.3 Å². The molecule has 3 N–H and O–H groups in total. The fraction of sp³-hybridized carbons (Fsp3) is 0.222. The van der Waals surface area contributed by atoms with Crippen LogP contribution in [0.3, 0.4) is 0 Å². The third-order valence-corrected chi connectivity index (χ3v) is 1.73. The van der Waals surface area contributed by atoms with Gasteiger partial charge >= 0.3 is 5.69 Å². The fourth-order valence-corrected chi connectivity index (χ4v) is 1.04. The van der Waals surface area contributed by atoms with Crippen molar-refractivity contribution in [2.24, 2.45) is 5.73 Å². The smallest absolute Gasteiger partial charge is 0.313 e. The van der Waals surface area contributed by atoms with Gasteiger partial charge in [-0.3, -0.25) is 14.9 Å². The Balaban J connectivity index is 0.00000121. The maximum atomic E-state index is 13.1. The monoisotopic (exact) mass is 246 g/mol. The van der Waals surface area contributed by atoms with Gasteiger partial charge in [0.25, 0.3) is 5.91 Å². The molecule has 0 spiro atoms. The summed E-state index contributed by atoms with van der Waals surface area (Å²) < 4.78 is 17.8. The highest BCUT2D eigenvalue weighted by atomic mass is 19.1. The normalized spacial score (nSPS) is 8.94. The minimum absolute atomic E-state index is 0.213. The van der Waals surface area contributed by atoms with E-state index in [4.69, 9.17) is 10.8 Å². The Hall–Kier alpha value is -2.22. The number of aliphatic hydroxyl groups excluding tert-OH is 1. The van der Waals surface area contributed by atoms with Crippen LogP contribution in [0.4, 0.5) is 10.1 Å². The molecule has 0 saturated carbocycles. The van der Waals surface area contributed by atoms with Crippen molar-refractivity contribution >= 4 is 11.6 Å². The molecule has 0 bridgehead atoms. The van der Waals surface area contributed by atoms with Crippen molar-refractivity contribution in [3.63, 3.8) is 0 Å². The number of amides is 1. The van der Waals surface area contributed by atoms with E-state index in [2.05, 4.69) is 4.74 Å². The second kappa shape index (κ2) is 6.38. The minimum Gasteiger partial charge on any atom is -0.490 e. The van der Waals surface area contributed by atoms with Gasteiger partial charge in [0.15, 0.2) is 5.75 Å². The quantitative estimate of drug-likeness (QED) is 0.593. The lowest BCUT2D eigenvalue weighted by Crippen LogP contribution is -2.13. The number of methoxy groups -OCH3 is 1. The third kappa shape index (κ3) is 3.38. The van der Waals surface area contributed by atoms with Gasteiger partial charge in [-0.2, -0.15) is 0 Å². The number of nitro benzene ring substituents is 1. The summed E-state index contributed by atoms with van der Waals surface area (Å²) in [5.41, 5.74) is 3.86. The van der Waals surface area contributed by atoms with Gasteiger partial charge in [-0.1, -0.05) is 0 Å². The lowest BCUT2D eigenvalue weighted by molar-refractivity contribution is -0.385. The molecule has 1 aromatic rings. The zero-order chi connectivity index (χ0) is 13.6. The fourth-order valence-electron chi connectivity index (χ4n) is 1.04. The van der Waals surface area contributed by atoms with Gasteiger partial charge in [0.05, 0.1) is 23.7 Å². The molecule has 7 nitrogen and oxygen atoms in total. The maximum Gasteiger partial charge on any atom is 0.313 e. The van der Waals surface area contributed by atoms with Gasteiger partial charge in [0, 0.05) is 13.2 Å². The van der Waals surface area contributed by atoms with Crippen LogP contribution >= 0.6 is 0 Å². The van der Waals surface area contributed by atoms with Crippen LogP contribution in [0.1, 0.15) is 10.4 Å². The van der Waals surface area contributed by atoms with Crippen LogP contribution in [0.5, 0.6) is 5.75 Å². The molecule has 1 amide bonds. The topological polar surface area (TPSA) is 116 Å². The number of ether oxygens (including phenoxy) is 1. The summed E-state index contributed by atoms with van der Waals surface area (Å²) in [6, 6.07) is 1.49. The number of benzene rings is 1. The molecule has 0 saturated heterocycles. The molecule has 8 heteroatoms. The highest BCUT2D eigenvalue weighted by Gasteiger charge is 2.21. The molecule has 0 atom stereocenters. The largest absolute Gasteiger partial charge is 0.490 e. The SMILES string of the molecule is CO.COc1cc(C(N)=O)c(F)cc1[N+](=O)[O-]. The predicted molar refractivity (Wildman–Crippen MR) is 56.3 cm³/mol. The first-order chi connectivity index (χ1) is 7.97. The Labute approximate surface area is 95.8 Å². The molecule has 1 aromatic carbocycles. The molecule has 17 heavy (non-hydrogen) atoms. The van der Waals surface area contributed by atoms with Crippen LogP contribution in [0.15, 0.2) is 12.1 Å². The molecular formula is C9H11FN2O5. The van der Waals surface area contributed by atoms with Crippen molar-refractivity contribution in [1.82, 2.24) is 0 Å². The maximum absolute atomic E-state index is 13.1. The Morgan fingerprint density at radius 3 is 2.41 bits per heavy atom. The summed E-state index contributed by atoms with van der Waals surface area (Å²) in [4.78, 5) is 20.4. The molecular weight excluding hydrogens is 235 g/mol. The molecule has 1 rings (SSSR count). The molecule has 0 aliphatic carbocycles. The summed E-state index contributed by atoms with van der Waals surface area (Å²) in [5.74, 6) is -2.27. The number of aliphatic hydroxyl groups is 1. The number of nitrogens with two attached hydrogens (primary N) is 1. The Bertz CT molecular complexity index is 436. The average molecular weight is 246 g/mol. The number of primary amides is 1. The number of halogens is 1. The standard InChI is InChI=1S/C8H7FN2O4.CH4O/c1-15-7-2-4(8(10)12)5(9)3-6(7)11(13)14;1-2/h2-3H,1H3,(H2,10,12);2H,1H3. The second-order valence-corrected chi connectivity index (χ2v) is 2.63. The van der Waals surface area contributed by atoms with Crippen molar-refractivity contribution in [3.05, 3.63) is 33.6 Å². The Kier molecular flexibility index (Phi) is 5.55. The molecule has 0 aliphatic heterocycles. The zero-order valence-corrected chi connectivity index (χ0v) is 9.14. The van der Waals surface area contributed by atoms with Crippen LogP contribution in [-0.2, 0) is 0 Å². The number of carbonyl (C=O) groups excluding carboxylic acids is 1. The van der Waals surface area contributed by atoms with E-state index in [-0.39, 0.29) is 5.75 Å². The first kappa shape index (κ1) is 14.8. The van der Waals surface area contributed by atoms with E-state index >= 15 is 0 Å². The Morgan fingerprint density at radius 2 is 2.06 bits per heavy atom. The second-order valence-electron chi connectivity index (χ2n) is 2.63. The van der Waals surface area contributed by atoms with Crippen LogP contribution in [0.25, 0.3) is 0 Å². The summed E-state index contributed by atoms with van der Waals surface area (Å²) >= 11 is 0. The van der Waals surface area contributed by atoms with Gasteiger partial charge in [0.2, 0.25) is 0 Å². The third-order valence-electron chi connectivity index (χ3n) is 1.73. The van der Waals surface area contributed by atoms with Crippen LogP contribution in [-0.4, -0.2) is 30.2 Å². The van der Waals surface area contributed by atoms with Crippen molar-refractivity contribution in [1.29, 1.82) is 0 Å². The van der Waals surface area contributed by atoms with Crippen LogP contribution < -0.4 is 10.5 Å². The molecule has 94 valence electrons. The summed E-state index contributed by atoms with van der Waals surface area (Å²) in [7, 11) is 2.17. The van der Waals surface area contributed by atoms with E-state index in [0.29, 0.717) is 6.07 Å². The van der Waals surface area contributed by atoms with Crippen molar-refractivity contribution in [2.45, 2.75) is 0 Å². The first-order valence-corrected chi connectivity index (χ1v) is 4.23. The summed E-state index contributed by atoms with van der Waals surface area (Å²) in [6.45, 7) is 0. The Morgan fingerprint density at radius 1 is 1.53 bits per heavy atom. The van der Waals surface area contributed by atoms with Crippen molar-refractivity contribution in [3.8, 4) is 5.75 Å². The van der Waals surface area contributed by atoms with Gasteiger partial charge < -0.3 is 15.6 Å². The average Bonchev–Trinajstić information content (AvgIpc) is 2.30. The minimum atomic E-state index is -1.05. The molecule has 0 fully saturated rings. The lowest BCUT2D eigenvalue weighted by Gasteiger charge is -2.04. The number of carbonyl (C=O) groups is 1. The van der Waals surface area contributed by atoms with E-state index < -0.39 is 27.9 Å². The highest BCUT2D eigenvalue weighted by molar-refractivity contribution is 5.94. The van der Waals surface area contributed by atoms with Gasteiger partial charge in [-0.05, 0) is 0 Å². The molecule has 0 unspecified atom stereocenters. The highest BCUT2D eigenvalue weighted by Crippen LogP contribution is 2.29. The molecule has 0 aliphatic rings. The van der Waals surface area contributed by atoms with Crippen molar-refractivity contribution in [2.75, 3.05) is 14.2 Å². The van der Waals surface area contributed by atoms with E-state index in [1.54, 1.807) is 0 Å². The van der Waals surface area contributed by atoms with E-state index in [0.717, 1.165) is 13.2 Å². The van der Waals surface area contributed by atoms with Gasteiger partial charge in [-0.15, -0.1) is 0 Å². The lowest BCUT2D eigenvalue weighted by atomic mass is 10.1. The van der Waals surface area contributed by atoms with Crippen molar-refractivity contribution < 1.29 is 24.0 Å². The predicted octanol–water partition coefficient (Wildman–Crippen LogP) is 0.450. The van der Waals surface area contributed by atoms with Crippen LogP contribution in [0.2, 0.25) is 0 Å². The summed E-state index contributed by atoms with van der Waals surface area (Å²) in [6.07, 6.45) is 0. The first-order valence-electron chi connectivity index (χ1n) is 4.23. The number of hydrogen-bond acceptors (Lipinski definition) is 5. The number of rotatable bonds is 3.